The lowest BCUT2D eigenvalue weighted by atomic mass is 9.47. The van der Waals surface area contributed by atoms with Gasteiger partial charge in [-0.1, -0.05) is 50.1 Å². The number of carbonyl (C=O) groups excluding carboxylic acids is 1. The Kier molecular flexibility index (Phi) is 6.75. The van der Waals surface area contributed by atoms with Crippen LogP contribution in [0, 0.1) is 40.4 Å². The molecule has 3 saturated carbocycles. The van der Waals surface area contributed by atoms with Crippen molar-refractivity contribution >= 4 is 5.78 Å². The van der Waals surface area contributed by atoms with Crippen molar-refractivity contribution in [3.8, 4) is 0 Å². The largest absolute Gasteiger partial charge is 0.302 e. The van der Waals surface area contributed by atoms with Crippen molar-refractivity contribution in [3.05, 3.63) is 34.9 Å². The van der Waals surface area contributed by atoms with Crippen LogP contribution in [0.5, 0.6) is 0 Å². The van der Waals surface area contributed by atoms with Gasteiger partial charge in [-0.25, -0.2) is 0 Å². The smallest absolute Gasteiger partial charge is 0.153 e. The lowest BCUT2D eigenvalue weighted by Gasteiger charge is -2.57. The fraction of sp³-hybridized carbons (Fsp3) is 0.781. The molecule has 0 bridgehead atoms. The molecule has 3 nitrogen and oxygen atoms in total. The highest BCUT2D eigenvalue weighted by molar-refractivity contribution is 5.88. The molecule has 194 valence electrons. The second-order valence-corrected chi connectivity index (χ2v) is 13.8. The molecule has 1 aliphatic heterocycles. The van der Waals surface area contributed by atoms with Crippen LogP contribution in [0.15, 0.2) is 34.9 Å². The van der Waals surface area contributed by atoms with E-state index in [0.29, 0.717) is 23.0 Å². The Hall–Kier alpha value is -1.19. The maximum Gasteiger partial charge on any atom is 0.153 e. The molecule has 5 rings (SSSR count). The zero-order chi connectivity index (χ0) is 25.1. The van der Waals surface area contributed by atoms with Crippen LogP contribution < -0.4 is 0 Å². The van der Waals surface area contributed by atoms with Crippen molar-refractivity contribution in [1.29, 1.82) is 0 Å². The summed E-state index contributed by atoms with van der Waals surface area (Å²) in [4.78, 5) is 18.1. The molecule has 0 aromatic heterocycles. The molecule has 4 aliphatic carbocycles. The van der Waals surface area contributed by atoms with Gasteiger partial charge in [0.25, 0.3) is 0 Å². The van der Waals surface area contributed by atoms with E-state index in [0.717, 1.165) is 31.2 Å². The summed E-state index contributed by atoms with van der Waals surface area (Å²) < 4.78 is 0. The van der Waals surface area contributed by atoms with E-state index in [1.807, 2.05) is 0 Å². The summed E-state index contributed by atoms with van der Waals surface area (Å²) in [6, 6.07) is 0.128. The average molecular weight is 479 g/mol. The van der Waals surface area contributed by atoms with E-state index in [1.165, 1.54) is 45.1 Å². The van der Waals surface area contributed by atoms with Gasteiger partial charge in [-0.2, -0.15) is 0 Å². The molecule has 1 heterocycles. The quantitative estimate of drug-likeness (QED) is 0.430. The van der Waals surface area contributed by atoms with Crippen molar-refractivity contribution in [2.75, 3.05) is 34.2 Å². The first-order valence-corrected chi connectivity index (χ1v) is 14.5. The van der Waals surface area contributed by atoms with Crippen molar-refractivity contribution < 1.29 is 4.79 Å². The molecule has 0 aromatic rings. The topological polar surface area (TPSA) is 23.6 Å². The summed E-state index contributed by atoms with van der Waals surface area (Å²) in [6.07, 6.45) is 17.4. The number of allylic oxidation sites excluding steroid dienone is 4. The van der Waals surface area contributed by atoms with E-state index >= 15 is 0 Å². The summed E-state index contributed by atoms with van der Waals surface area (Å²) in [7, 11) is 6.40. The molecule has 8 atom stereocenters. The van der Waals surface area contributed by atoms with Gasteiger partial charge < -0.3 is 4.90 Å². The van der Waals surface area contributed by atoms with Crippen LogP contribution in [0.25, 0.3) is 0 Å². The monoisotopic (exact) mass is 478 g/mol. The first-order valence-electron chi connectivity index (χ1n) is 14.5. The fourth-order valence-corrected chi connectivity index (χ4v) is 9.52. The maximum atomic E-state index is 13.5. The Labute approximate surface area is 215 Å². The zero-order valence-corrected chi connectivity index (χ0v) is 23.6. The molecule has 0 radical (unpaired) electrons. The lowest BCUT2D eigenvalue weighted by molar-refractivity contribution is -0.140. The van der Waals surface area contributed by atoms with Crippen molar-refractivity contribution in [3.63, 3.8) is 0 Å². The number of nitrogens with zero attached hydrogens (tertiary/aromatic N) is 2. The van der Waals surface area contributed by atoms with E-state index in [4.69, 9.17) is 0 Å². The van der Waals surface area contributed by atoms with Crippen LogP contribution >= 0.6 is 0 Å². The van der Waals surface area contributed by atoms with Crippen LogP contribution in [0.4, 0.5) is 0 Å². The third-order valence-corrected chi connectivity index (χ3v) is 11.7. The number of likely N-dealkylation sites (N-methyl/N-ethyl adjacent to an activating group) is 2. The van der Waals surface area contributed by atoms with Crippen LogP contribution in [0.3, 0.4) is 0 Å². The van der Waals surface area contributed by atoms with Crippen molar-refractivity contribution in [2.45, 2.75) is 85.1 Å². The number of Topliss-reactive ketones (excluding diaryl/α,β-unsaturated/α-hetero) is 1. The molecule has 0 aromatic carbocycles. The molecule has 35 heavy (non-hydrogen) atoms. The highest BCUT2D eigenvalue weighted by Crippen LogP contribution is 2.66. The van der Waals surface area contributed by atoms with Gasteiger partial charge in [-0.3, -0.25) is 9.69 Å². The third kappa shape index (κ3) is 4.13. The second-order valence-electron chi connectivity index (χ2n) is 13.8. The molecule has 5 aliphatic rings. The number of rotatable bonds is 4. The van der Waals surface area contributed by atoms with E-state index in [9.17, 15) is 4.79 Å². The van der Waals surface area contributed by atoms with Gasteiger partial charge in [0.1, 0.15) is 0 Å². The minimum absolute atomic E-state index is 0.128. The SMILES string of the molecule is CC1=C(C=CC(C)C2CCC3C4=CCC5C(=O)C(N(C)C)CCC5(C)C4CCC32C)CCN(C)C1. The molecule has 0 N–H and O–H groups in total. The summed E-state index contributed by atoms with van der Waals surface area (Å²) in [6.45, 7) is 12.2. The average Bonchev–Trinajstić information content (AvgIpc) is 3.15. The Morgan fingerprint density at radius 3 is 2.49 bits per heavy atom. The van der Waals surface area contributed by atoms with Crippen LogP contribution in [-0.2, 0) is 4.79 Å². The predicted octanol–water partition coefficient (Wildman–Crippen LogP) is 6.52. The van der Waals surface area contributed by atoms with Crippen molar-refractivity contribution in [2.24, 2.45) is 40.4 Å². The zero-order valence-electron chi connectivity index (χ0n) is 23.6. The van der Waals surface area contributed by atoms with Crippen LogP contribution in [0.2, 0.25) is 0 Å². The number of ketones is 1. The lowest BCUT2D eigenvalue weighted by Crippen LogP contribution is -2.55. The number of hydrogen-bond acceptors (Lipinski definition) is 3. The minimum Gasteiger partial charge on any atom is -0.302 e. The molecule has 0 amide bonds. The standard InChI is InChI=1S/C32H50N2O/c1-21(8-9-23-16-19-34(7)20-22(23)2)25-12-13-26-24-10-11-28-30(35)29(33(5)6)15-18-32(28,4)27(24)14-17-31(25,26)3/h8-10,21,25-29H,11-20H2,1-7H3. The molecule has 0 saturated heterocycles. The summed E-state index contributed by atoms with van der Waals surface area (Å²) >= 11 is 0. The summed E-state index contributed by atoms with van der Waals surface area (Å²) in [5.41, 5.74) is 5.48. The molecule has 0 spiro atoms. The third-order valence-electron chi connectivity index (χ3n) is 11.7. The Bertz CT molecular complexity index is 943. The number of hydrogen-bond donors (Lipinski definition) is 0. The fourth-order valence-electron chi connectivity index (χ4n) is 9.52. The van der Waals surface area contributed by atoms with E-state index in [2.05, 4.69) is 76.9 Å². The van der Waals surface area contributed by atoms with E-state index < -0.39 is 0 Å². The van der Waals surface area contributed by atoms with E-state index in [1.54, 1.807) is 16.7 Å². The molecular formula is C32H50N2O. The van der Waals surface area contributed by atoms with Gasteiger partial charge in [0.2, 0.25) is 0 Å². The van der Waals surface area contributed by atoms with Gasteiger partial charge in [0.15, 0.2) is 5.78 Å². The predicted molar refractivity (Wildman–Crippen MR) is 146 cm³/mol. The Morgan fingerprint density at radius 1 is 1.06 bits per heavy atom. The van der Waals surface area contributed by atoms with Gasteiger partial charge in [-0.15, -0.1) is 0 Å². The van der Waals surface area contributed by atoms with Crippen molar-refractivity contribution in [1.82, 2.24) is 9.80 Å². The van der Waals surface area contributed by atoms with Crippen LogP contribution in [-0.4, -0.2) is 55.9 Å². The molecule has 3 heteroatoms. The van der Waals surface area contributed by atoms with E-state index in [-0.39, 0.29) is 17.4 Å². The van der Waals surface area contributed by atoms with Gasteiger partial charge in [0.05, 0.1) is 6.04 Å². The summed E-state index contributed by atoms with van der Waals surface area (Å²) in [5.74, 6) is 3.51. The summed E-state index contributed by atoms with van der Waals surface area (Å²) in [5, 5.41) is 0. The molecule has 3 fully saturated rings. The van der Waals surface area contributed by atoms with Crippen LogP contribution in [0.1, 0.15) is 79.1 Å². The second kappa shape index (κ2) is 9.28. The molecular weight excluding hydrogens is 428 g/mol. The highest BCUT2D eigenvalue weighted by atomic mass is 16.1. The van der Waals surface area contributed by atoms with Gasteiger partial charge in [0, 0.05) is 19.0 Å². The normalized spacial score (nSPS) is 43.3. The Morgan fingerprint density at radius 2 is 1.77 bits per heavy atom. The maximum absolute atomic E-state index is 13.5. The van der Waals surface area contributed by atoms with Gasteiger partial charge >= 0.3 is 0 Å². The first kappa shape index (κ1) is 25.5. The minimum atomic E-state index is 0.128. The highest BCUT2D eigenvalue weighted by Gasteiger charge is 2.59. The molecule has 8 unspecified atom stereocenters. The number of fused-ring (bicyclic) bond motifs is 5. The van der Waals surface area contributed by atoms with Gasteiger partial charge in [-0.05, 0) is 120 Å². The number of carbonyl (C=O) groups is 1. The Balaban J connectivity index is 1.35. The first-order chi connectivity index (χ1) is 16.6.